The highest BCUT2D eigenvalue weighted by molar-refractivity contribution is 9.10. The number of benzene rings is 2. The van der Waals surface area contributed by atoms with Crippen molar-refractivity contribution >= 4 is 55.0 Å². The van der Waals surface area contributed by atoms with E-state index in [2.05, 4.69) is 26.0 Å². The summed E-state index contributed by atoms with van der Waals surface area (Å²) < 4.78 is 32.1. The number of nitrogens with one attached hydrogen (secondary N) is 2. The monoisotopic (exact) mass is 472 g/mol. The van der Waals surface area contributed by atoms with Crippen molar-refractivity contribution in [1.29, 1.82) is 0 Å². The van der Waals surface area contributed by atoms with Gasteiger partial charge >= 0.3 is 0 Å². The van der Waals surface area contributed by atoms with E-state index in [0.29, 0.717) is 29.3 Å². The van der Waals surface area contributed by atoms with E-state index < -0.39 is 10.0 Å². The summed E-state index contributed by atoms with van der Waals surface area (Å²) in [5.74, 6) is 0.815. The molecule has 2 N–H and O–H groups in total. The molecule has 2 aromatic rings. The van der Waals surface area contributed by atoms with E-state index in [1.54, 1.807) is 36.9 Å². The molecule has 9 heteroatoms. The number of amides is 1. The van der Waals surface area contributed by atoms with Gasteiger partial charge in [-0.3, -0.25) is 9.52 Å². The number of thioether (sulfide) groups is 1. The van der Waals surface area contributed by atoms with Crippen molar-refractivity contribution in [3.63, 3.8) is 0 Å². The second-order valence-electron chi connectivity index (χ2n) is 5.50. The van der Waals surface area contributed by atoms with E-state index in [4.69, 9.17) is 4.74 Å². The lowest BCUT2D eigenvalue weighted by atomic mass is 10.2. The Morgan fingerprint density at radius 3 is 2.63 bits per heavy atom. The van der Waals surface area contributed by atoms with Crippen LogP contribution in [0.25, 0.3) is 0 Å². The molecule has 0 bridgehead atoms. The Hall–Kier alpha value is -1.71. The molecule has 27 heavy (non-hydrogen) atoms. The highest BCUT2D eigenvalue weighted by Crippen LogP contribution is 2.30. The normalized spacial score (nSPS) is 11.1. The topological polar surface area (TPSA) is 84.5 Å². The summed E-state index contributed by atoms with van der Waals surface area (Å²) >= 11 is 5.08. The van der Waals surface area contributed by atoms with E-state index in [9.17, 15) is 13.2 Å². The molecular formula is C18H21BrN2O4S2. The molecule has 0 spiro atoms. The fourth-order valence-electron chi connectivity index (χ4n) is 2.13. The smallest absolute Gasteiger partial charge is 0.232 e. The van der Waals surface area contributed by atoms with E-state index in [1.807, 2.05) is 24.3 Å². The molecule has 0 atom stereocenters. The summed E-state index contributed by atoms with van der Waals surface area (Å²) in [5.41, 5.74) is 0.879. The number of halogens is 1. The lowest BCUT2D eigenvalue weighted by Gasteiger charge is -2.13. The zero-order chi connectivity index (χ0) is 19.9. The van der Waals surface area contributed by atoms with Crippen LogP contribution in [0.2, 0.25) is 0 Å². The average molecular weight is 473 g/mol. The Balaban J connectivity index is 1.94. The molecule has 0 heterocycles. The Morgan fingerprint density at radius 1 is 1.22 bits per heavy atom. The van der Waals surface area contributed by atoms with Crippen LogP contribution < -0.4 is 14.8 Å². The molecule has 0 saturated heterocycles. The van der Waals surface area contributed by atoms with Crippen LogP contribution in [0.1, 0.15) is 13.3 Å². The standard InChI is InChI=1S/C18H21BrN2O4S2/c1-3-27(23,24)21-15-9-8-13(12-16(15)25-2)20-18(22)10-11-26-17-7-5-4-6-14(17)19/h4-9,12,21H,3,10-11H2,1-2H3,(H,20,22). The number of ether oxygens (including phenoxy) is 1. The highest BCUT2D eigenvalue weighted by atomic mass is 79.9. The summed E-state index contributed by atoms with van der Waals surface area (Å²) in [6.07, 6.45) is 0.346. The summed E-state index contributed by atoms with van der Waals surface area (Å²) in [7, 11) is -1.96. The quantitative estimate of drug-likeness (QED) is 0.530. The fraction of sp³-hybridized carbons (Fsp3) is 0.278. The third kappa shape index (κ3) is 6.75. The second kappa shape index (κ2) is 10.0. The van der Waals surface area contributed by atoms with Crippen LogP contribution in [0, 0.1) is 0 Å². The van der Waals surface area contributed by atoms with Crippen molar-refractivity contribution in [3.8, 4) is 5.75 Å². The highest BCUT2D eigenvalue weighted by Gasteiger charge is 2.13. The maximum atomic E-state index is 12.2. The SMILES string of the molecule is CCS(=O)(=O)Nc1ccc(NC(=O)CCSc2ccccc2Br)cc1OC. The van der Waals surface area contributed by atoms with Gasteiger partial charge in [-0.25, -0.2) is 8.42 Å². The van der Waals surface area contributed by atoms with Crippen LogP contribution in [0.3, 0.4) is 0 Å². The van der Waals surface area contributed by atoms with Gasteiger partial charge in [0.05, 0.1) is 18.6 Å². The van der Waals surface area contributed by atoms with Crippen molar-refractivity contribution in [2.45, 2.75) is 18.2 Å². The number of anilines is 2. The number of carbonyl (C=O) groups is 1. The van der Waals surface area contributed by atoms with E-state index >= 15 is 0 Å². The first-order chi connectivity index (χ1) is 12.8. The Kier molecular flexibility index (Phi) is 8.00. The predicted molar refractivity (Wildman–Crippen MR) is 114 cm³/mol. The van der Waals surface area contributed by atoms with Crippen molar-refractivity contribution < 1.29 is 17.9 Å². The van der Waals surface area contributed by atoms with Crippen molar-refractivity contribution in [3.05, 3.63) is 46.9 Å². The number of hydrogen-bond donors (Lipinski definition) is 2. The van der Waals surface area contributed by atoms with Crippen molar-refractivity contribution in [1.82, 2.24) is 0 Å². The third-order valence-electron chi connectivity index (χ3n) is 3.55. The van der Waals surface area contributed by atoms with Crippen molar-refractivity contribution in [2.75, 3.05) is 28.7 Å². The van der Waals surface area contributed by atoms with Gasteiger partial charge in [-0.05, 0) is 47.1 Å². The number of sulfonamides is 1. The van der Waals surface area contributed by atoms with Gasteiger partial charge in [0, 0.05) is 33.3 Å². The first-order valence-corrected chi connectivity index (χ1v) is 11.6. The minimum absolute atomic E-state index is 0.0379. The van der Waals surface area contributed by atoms with Gasteiger partial charge in [0.1, 0.15) is 5.75 Å². The molecule has 0 aliphatic heterocycles. The number of rotatable bonds is 9. The molecule has 0 aliphatic carbocycles. The maximum absolute atomic E-state index is 12.2. The molecule has 0 saturated carbocycles. The summed E-state index contributed by atoms with van der Waals surface area (Å²) in [4.78, 5) is 13.2. The number of hydrogen-bond acceptors (Lipinski definition) is 5. The molecule has 0 fully saturated rings. The molecule has 146 valence electrons. The molecule has 0 aromatic heterocycles. The summed E-state index contributed by atoms with van der Waals surface area (Å²) in [5, 5.41) is 2.80. The Bertz CT molecular complexity index is 904. The molecule has 6 nitrogen and oxygen atoms in total. The van der Waals surface area contributed by atoms with Gasteiger partial charge in [-0.15, -0.1) is 11.8 Å². The van der Waals surface area contributed by atoms with Gasteiger partial charge in [-0.1, -0.05) is 12.1 Å². The molecule has 2 aromatic carbocycles. The lowest BCUT2D eigenvalue weighted by Crippen LogP contribution is -2.16. The van der Waals surface area contributed by atoms with E-state index in [0.717, 1.165) is 9.37 Å². The van der Waals surface area contributed by atoms with Crippen LogP contribution in [-0.2, 0) is 14.8 Å². The largest absolute Gasteiger partial charge is 0.494 e. The van der Waals surface area contributed by atoms with Crippen LogP contribution in [-0.4, -0.2) is 32.9 Å². The molecule has 0 unspecified atom stereocenters. The number of carbonyl (C=O) groups excluding carboxylic acids is 1. The third-order valence-corrected chi connectivity index (χ3v) is 6.87. The fourth-order valence-corrected chi connectivity index (χ4v) is 4.30. The van der Waals surface area contributed by atoms with E-state index in [-0.39, 0.29) is 11.7 Å². The second-order valence-corrected chi connectivity index (χ2v) is 9.50. The van der Waals surface area contributed by atoms with Gasteiger partial charge in [-0.2, -0.15) is 0 Å². The number of methoxy groups -OCH3 is 1. The molecule has 0 radical (unpaired) electrons. The van der Waals surface area contributed by atoms with Gasteiger partial charge in [0.25, 0.3) is 0 Å². The van der Waals surface area contributed by atoms with Crippen LogP contribution in [0.4, 0.5) is 11.4 Å². The minimum Gasteiger partial charge on any atom is -0.494 e. The summed E-state index contributed by atoms with van der Waals surface area (Å²) in [6, 6.07) is 12.6. The van der Waals surface area contributed by atoms with Gasteiger partial charge < -0.3 is 10.1 Å². The zero-order valence-electron chi connectivity index (χ0n) is 15.0. The van der Waals surface area contributed by atoms with Crippen LogP contribution in [0.15, 0.2) is 51.8 Å². The first kappa shape index (κ1) is 21.6. The minimum atomic E-state index is -3.41. The Morgan fingerprint density at radius 2 is 1.96 bits per heavy atom. The van der Waals surface area contributed by atoms with Crippen molar-refractivity contribution in [2.24, 2.45) is 0 Å². The molecule has 2 rings (SSSR count). The lowest BCUT2D eigenvalue weighted by molar-refractivity contribution is -0.115. The molecule has 1 amide bonds. The molecular weight excluding hydrogens is 452 g/mol. The molecule has 0 aliphatic rings. The first-order valence-electron chi connectivity index (χ1n) is 8.20. The van der Waals surface area contributed by atoms with Crippen LogP contribution >= 0.6 is 27.7 Å². The summed E-state index contributed by atoms with van der Waals surface area (Å²) in [6.45, 7) is 1.55. The average Bonchev–Trinajstić information content (AvgIpc) is 2.64. The predicted octanol–water partition coefficient (Wildman–Crippen LogP) is 4.34. The van der Waals surface area contributed by atoms with Gasteiger partial charge in [0.2, 0.25) is 15.9 Å². The maximum Gasteiger partial charge on any atom is 0.232 e. The van der Waals surface area contributed by atoms with E-state index in [1.165, 1.54) is 7.11 Å². The zero-order valence-corrected chi connectivity index (χ0v) is 18.2. The Labute approximate surface area is 172 Å². The van der Waals surface area contributed by atoms with Gasteiger partial charge in [0.15, 0.2) is 0 Å². The van der Waals surface area contributed by atoms with Crippen LogP contribution in [0.5, 0.6) is 5.75 Å².